The molecule has 2 nitrogen and oxygen atoms in total. The van der Waals surface area contributed by atoms with E-state index in [0.717, 1.165) is 32.1 Å². The number of unbranched alkanes of at least 4 members (excludes halogenated alkanes) is 2. The van der Waals surface area contributed by atoms with Crippen LogP contribution in [0.2, 0.25) is 0 Å². The summed E-state index contributed by atoms with van der Waals surface area (Å²) in [7, 11) is 0. The van der Waals surface area contributed by atoms with Crippen molar-refractivity contribution in [2.75, 3.05) is 6.61 Å². The molecule has 0 fully saturated rings. The summed E-state index contributed by atoms with van der Waals surface area (Å²) >= 11 is 0. The fraction of sp³-hybridized carbons (Fsp3) is 0.800. The monoisotopic (exact) mass is 170 g/mol. The van der Waals surface area contributed by atoms with Gasteiger partial charge in [0, 0.05) is 13.0 Å². The Kier molecular flexibility index (Phi) is 8.20. The molecule has 12 heavy (non-hydrogen) atoms. The van der Waals surface area contributed by atoms with Gasteiger partial charge in [0.1, 0.15) is 6.10 Å². The molecule has 0 aromatic heterocycles. The van der Waals surface area contributed by atoms with Crippen molar-refractivity contribution in [3.8, 4) is 11.8 Å². The minimum Gasteiger partial charge on any atom is -0.396 e. The van der Waals surface area contributed by atoms with Crippen molar-refractivity contribution in [1.82, 2.24) is 0 Å². The first kappa shape index (κ1) is 11.5. The minimum absolute atomic E-state index is 0.235. The van der Waals surface area contributed by atoms with Crippen molar-refractivity contribution in [1.29, 1.82) is 0 Å². The van der Waals surface area contributed by atoms with E-state index in [2.05, 4.69) is 11.8 Å². The number of aliphatic hydroxyl groups is 2. The molecular weight excluding hydrogens is 152 g/mol. The molecular formula is C10H18O2. The highest BCUT2D eigenvalue weighted by Gasteiger charge is 1.93. The fourth-order valence-corrected chi connectivity index (χ4v) is 0.861. The third kappa shape index (κ3) is 7.59. The van der Waals surface area contributed by atoms with Gasteiger partial charge in [-0.25, -0.2) is 0 Å². The molecule has 0 spiro atoms. The third-order valence-electron chi connectivity index (χ3n) is 1.54. The Morgan fingerprint density at radius 2 is 2.08 bits per heavy atom. The molecule has 70 valence electrons. The first-order valence-electron chi connectivity index (χ1n) is 4.58. The lowest BCUT2D eigenvalue weighted by Crippen LogP contribution is -2.00. The van der Waals surface area contributed by atoms with Crippen LogP contribution in [0, 0.1) is 11.8 Å². The summed E-state index contributed by atoms with van der Waals surface area (Å²) < 4.78 is 0. The Bertz CT molecular complexity index is 144. The van der Waals surface area contributed by atoms with Crippen molar-refractivity contribution in [3.05, 3.63) is 0 Å². The molecule has 0 radical (unpaired) electrons. The fourth-order valence-electron chi connectivity index (χ4n) is 0.861. The second kappa shape index (κ2) is 8.58. The van der Waals surface area contributed by atoms with E-state index in [1.807, 2.05) is 6.92 Å². The van der Waals surface area contributed by atoms with Gasteiger partial charge in [-0.3, -0.25) is 0 Å². The van der Waals surface area contributed by atoms with Gasteiger partial charge < -0.3 is 10.2 Å². The van der Waals surface area contributed by atoms with Gasteiger partial charge in [-0.2, -0.15) is 0 Å². The third-order valence-corrected chi connectivity index (χ3v) is 1.54. The highest BCUT2D eigenvalue weighted by atomic mass is 16.3. The van der Waals surface area contributed by atoms with E-state index in [9.17, 15) is 5.11 Å². The Labute approximate surface area is 74.6 Å². The molecule has 0 heterocycles. The van der Waals surface area contributed by atoms with Crippen LogP contribution >= 0.6 is 0 Å². The predicted octanol–water partition coefficient (Wildman–Crippen LogP) is 1.31. The summed E-state index contributed by atoms with van der Waals surface area (Å²) in [5, 5.41) is 17.6. The zero-order valence-electron chi connectivity index (χ0n) is 7.71. The topological polar surface area (TPSA) is 40.5 Å². The van der Waals surface area contributed by atoms with E-state index >= 15 is 0 Å². The lowest BCUT2D eigenvalue weighted by Gasteiger charge is -1.97. The zero-order chi connectivity index (χ0) is 9.23. The van der Waals surface area contributed by atoms with Crippen molar-refractivity contribution in [2.24, 2.45) is 0 Å². The second-order valence-corrected chi connectivity index (χ2v) is 2.81. The molecule has 0 rings (SSSR count). The standard InChI is InChI=1S/C10H18O2/c1-2-7-10(12)8-5-3-4-6-9-11/h10-12H,2-4,6-7,9H2,1H3. The van der Waals surface area contributed by atoms with Gasteiger partial charge in [0.05, 0.1) is 0 Å². The molecule has 0 bridgehead atoms. The first-order chi connectivity index (χ1) is 5.81. The van der Waals surface area contributed by atoms with E-state index in [4.69, 9.17) is 5.11 Å². The van der Waals surface area contributed by atoms with Crippen LogP contribution in [0.25, 0.3) is 0 Å². The summed E-state index contributed by atoms with van der Waals surface area (Å²) in [6.07, 6.45) is 3.77. The molecule has 2 heteroatoms. The van der Waals surface area contributed by atoms with Gasteiger partial charge in [0.25, 0.3) is 0 Å². The van der Waals surface area contributed by atoms with E-state index in [0.29, 0.717) is 0 Å². The maximum absolute atomic E-state index is 9.18. The molecule has 0 amide bonds. The Balaban J connectivity index is 3.31. The summed E-state index contributed by atoms with van der Waals surface area (Å²) in [6.45, 7) is 2.26. The highest BCUT2D eigenvalue weighted by molar-refractivity contribution is 5.04. The van der Waals surface area contributed by atoms with Crippen LogP contribution in [0.3, 0.4) is 0 Å². The van der Waals surface area contributed by atoms with Gasteiger partial charge in [0.15, 0.2) is 0 Å². The van der Waals surface area contributed by atoms with Crippen molar-refractivity contribution >= 4 is 0 Å². The molecule has 0 aliphatic heterocycles. The molecule has 2 N–H and O–H groups in total. The van der Waals surface area contributed by atoms with Gasteiger partial charge in [-0.15, -0.1) is 5.92 Å². The van der Waals surface area contributed by atoms with Crippen LogP contribution in [-0.4, -0.2) is 22.9 Å². The van der Waals surface area contributed by atoms with E-state index in [-0.39, 0.29) is 6.61 Å². The van der Waals surface area contributed by atoms with Crippen LogP contribution in [0.15, 0.2) is 0 Å². The molecule has 0 aliphatic carbocycles. The maximum Gasteiger partial charge on any atom is 0.114 e. The summed E-state index contributed by atoms with van der Waals surface area (Å²) in [5.74, 6) is 5.66. The molecule has 0 aromatic rings. The predicted molar refractivity (Wildman–Crippen MR) is 49.6 cm³/mol. The number of hydrogen-bond donors (Lipinski definition) is 2. The number of aliphatic hydroxyl groups excluding tert-OH is 2. The first-order valence-corrected chi connectivity index (χ1v) is 4.58. The molecule has 0 aromatic carbocycles. The number of rotatable bonds is 5. The van der Waals surface area contributed by atoms with Crippen LogP contribution in [0.4, 0.5) is 0 Å². The largest absolute Gasteiger partial charge is 0.396 e. The molecule has 0 aliphatic rings. The smallest absolute Gasteiger partial charge is 0.114 e. The lowest BCUT2D eigenvalue weighted by molar-refractivity contribution is 0.221. The Morgan fingerprint density at radius 3 is 2.67 bits per heavy atom. The van der Waals surface area contributed by atoms with Crippen LogP contribution in [0.1, 0.15) is 39.0 Å². The molecule has 1 unspecified atom stereocenters. The molecule has 0 saturated carbocycles. The van der Waals surface area contributed by atoms with Crippen molar-refractivity contribution < 1.29 is 10.2 Å². The van der Waals surface area contributed by atoms with Crippen LogP contribution < -0.4 is 0 Å². The van der Waals surface area contributed by atoms with Gasteiger partial charge >= 0.3 is 0 Å². The zero-order valence-corrected chi connectivity index (χ0v) is 7.71. The average molecular weight is 170 g/mol. The SMILES string of the molecule is CCCC(O)C#CCCCCO. The van der Waals surface area contributed by atoms with Gasteiger partial charge in [-0.05, 0) is 19.3 Å². The highest BCUT2D eigenvalue weighted by Crippen LogP contribution is 1.95. The molecule has 1 atom stereocenters. The van der Waals surface area contributed by atoms with E-state index in [1.165, 1.54) is 0 Å². The minimum atomic E-state index is -0.455. The van der Waals surface area contributed by atoms with Crippen molar-refractivity contribution in [2.45, 2.75) is 45.1 Å². The summed E-state index contributed by atoms with van der Waals surface area (Å²) in [6, 6.07) is 0. The van der Waals surface area contributed by atoms with Crippen LogP contribution in [0.5, 0.6) is 0 Å². The molecule has 0 saturated heterocycles. The Morgan fingerprint density at radius 1 is 1.33 bits per heavy atom. The summed E-state index contributed by atoms with van der Waals surface area (Å²) in [5.41, 5.74) is 0. The van der Waals surface area contributed by atoms with E-state index < -0.39 is 6.10 Å². The second-order valence-electron chi connectivity index (χ2n) is 2.81. The maximum atomic E-state index is 9.18. The van der Waals surface area contributed by atoms with Crippen molar-refractivity contribution in [3.63, 3.8) is 0 Å². The van der Waals surface area contributed by atoms with Crippen LogP contribution in [-0.2, 0) is 0 Å². The summed E-state index contributed by atoms with van der Waals surface area (Å²) in [4.78, 5) is 0. The normalized spacial score (nSPS) is 11.9. The quantitative estimate of drug-likeness (QED) is 0.482. The van der Waals surface area contributed by atoms with Gasteiger partial charge in [0.2, 0.25) is 0 Å². The number of hydrogen-bond acceptors (Lipinski definition) is 2. The van der Waals surface area contributed by atoms with Gasteiger partial charge in [-0.1, -0.05) is 19.3 Å². The lowest BCUT2D eigenvalue weighted by atomic mass is 10.2. The van der Waals surface area contributed by atoms with E-state index in [1.54, 1.807) is 0 Å². The average Bonchev–Trinajstić information content (AvgIpc) is 2.05. The Hall–Kier alpha value is -0.520.